The fourth-order valence-electron chi connectivity index (χ4n) is 6.80. The summed E-state index contributed by atoms with van der Waals surface area (Å²) in [5.74, 6) is 0. The van der Waals surface area contributed by atoms with Gasteiger partial charge in [-0.15, -0.1) is 0 Å². The van der Waals surface area contributed by atoms with Crippen molar-refractivity contribution in [1.82, 2.24) is 4.98 Å². The summed E-state index contributed by atoms with van der Waals surface area (Å²) in [6.07, 6.45) is 0. The van der Waals surface area contributed by atoms with Crippen LogP contribution in [0.15, 0.2) is 30.3 Å². The molecule has 1 aromatic heterocycles. The Labute approximate surface area is 213 Å². The van der Waals surface area contributed by atoms with Crippen LogP contribution in [0.2, 0.25) is 19.6 Å². The molecule has 0 N–H and O–H groups in total. The van der Waals surface area contributed by atoms with Crippen molar-refractivity contribution < 1.29 is 0 Å². The molecule has 182 valence electrons. The third-order valence-electron chi connectivity index (χ3n) is 9.26. The molecule has 35 heavy (non-hydrogen) atoms. The Kier molecular flexibility index (Phi) is 5.05. The van der Waals surface area contributed by atoms with Gasteiger partial charge in [-0.2, -0.15) is 0 Å². The Morgan fingerprint density at radius 2 is 1.29 bits per heavy atom. The first kappa shape index (κ1) is 24.3. The molecule has 0 atom stereocenters. The van der Waals surface area contributed by atoms with E-state index >= 15 is 0 Å². The number of aromatic nitrogens is 1. The Morgan fingerprint density at radius 3 is 1.91 bits per heavy atom. The summed E-state index contributed by atoms with van der Waals surface area (Å²) in [7, 11) is -1.72. The van der Waals surface area contributed by atoms with Crippen molar-refractivity contribution >= 4 is 34.9 Å². The molecule has 0 saturated heterocycles. The minimum absolute atomic E-state index is 0.0330. The summed E-state index contributed by atoms with van der Waals surface area (Å²) in [5, 5.41) is 5.74. The van der Waals surface area contributed by atoms with Crippen LogP contribution in [-0.4, -0.2) is 13.1 Å². The quantitative estimate of drug-likeness (QED) is 0.249. The molecule has 1 aliphatic rings. The Hall–Kier alpha value is -2.45. The average Bonchev–Trinajstić information content (AvgIpc) is 2.71. The predicted octanol–water partition coefficient (Wildman–Crippen LogP) is 8.71. The van der Waals surface area contributed by atoms with Gasteiger partial charge in [0.1, 0.15) is 0 Å². The van der Waals surface area contributed by atoms with E-state index in [0.29, 0.717) is 0 Å². The maximum absolute atomic E-state index is 5.52. The lowest BCUT2D eigenvalue weighted by Crippen LogP contribution is -2.52. The standard InChI is InChI=1S/C33H41NSi/c1-18-13-21(4)27-26(14-18)34-30-25-17-23-15-19(2)20(3)16-24(23)22(5)28(25)32(6,7)33(8,9)29(30)31(27)35(10,11)12/h13-17H,1-12H3. The zero-order valence-electron chi connectivity index (χ0n) is 23.8. The van der Waals surface area contributed by atoms with Crippen LogP contribution in [0.3, 0.4) is 0 Å². The molecule has 1 heterocycles. The smallest absolute Gasteiger partial charge is 0.0789 e. The van der Waals surface area contributed by atoms with Gasteiger partial charge in [0.05, 0.1) is 19.3 Å². The molecule has 0 amide bonds. The molecule has 1 nitrogen and oxygen atoms in total. The van der Waals surface area contributed by atoms with Gasteiger partial charge in [-0.1, -0.05) is 65.5 Å². The van der Waals surface area contributed by atoms with Crippen LogP contribution in [0.25, 0.3) is 32.9 Å². The van der Waals surface area contributed by atoms with Crippen LogP contribution in [-0.2, 0) is 10.8 Å². The summed E-state index contributed by atoms with van der Waals surface area (Å²) in [6.45, 7) is 28.7. The number of rotatable bonds is 1. The summed E-state index contributed by atoms with van der Waals surface area (Å²) in [4.78, 5) is 5.52. The Balaban J connectivity index is 2.08. The highest BCUT2D eigenvalue weighted by atomic mass is 28.3. The second-order valence-corrected chi connectivity index (χ2v) is 18.3. The normalized spacial score (nSPS) is 16.5. The van der Waals surface area contributed by atoms with E-state index in [2.05, 4.69) is 112 Å². The van der Waals surface area contributed by atoms with E-state index in [-0.39, 0.29) is 10.8 Å². The second kappa shape index (κ2) is 7.29. The molecule has 5 rings (SSSR count). The minimum Gasteiger partial charge on any atom is -0.247 e. The Morgan fingerprint density at radius 1 is 0.686 bits per heavy atom. The lowest BCUT2D eigenvalue weighted by molar-refractivity contribution is 0.299. The number of benzene rings is 3. The Bertz CT molecular complexity index is 1560. The second-order valence-electron chi connectivity index (χ2n) is 13.3. The highest BCUT2D eigenvalue weighted by molar-refractivity contribution is 6.91. The molecule has 0 fully saturated rings. The van der Waals surface area contributed by atoms with Crippen molar-refractivity contribution in [1.29, 1.82) is 0 Å². The van der Waals surface area contributed by atoms with E-state index in [9.17, 15) is 0 Å². The molecule has 0 unspecified atom stereocenters. The highest BCUT2D eigenvalue weighted by Gasteiger charge is 2.50. The molecule has 1 aliphatic carbocycles. The van der Waals surface area contributed by atoms with Crippen molar-refractivity contribution in [2.45, 2.75) is 92.8 Å². The fraction of sp³-hybridized carbons (Fsp3) is 0.424. The van der Waals surface area contributed by atoms with E-state index in [1.807, 2.05) is 0 Å². The first-order valence-electron chi connectivity index (χ1n) is 13.1. The maximum atomic E-state index is 5.52. The van der Waals surface area contributed by atoms with Crippen molar-refractivity contribution in [3.8, 4) is 11.3 Å². The highest BCUT2D eigenvalue weighted by Crippen LogP contribution is 2.55. The molecule has 0 saturated carbocycles. The molecule has 3 aromatic carbocycles. The van der Waals surface area contributed by atoms with Gasteiger partial charge in [0.25, 0.3) is 0 Å². The van der Waals surface area contributed by atoms with Crippen LogP contribution in [0.1, 0.15) is 66.6 Å². The SMILES string of the molecule is Cc1cc(C)c2c([Si](C)(C)C)c3c(nc2c1)-c1cc2cc(C)c(C)cc2c(C)c1C(C)(C)C3(C)C. The van der Waals surface area contributed by atoms with Crippen LogP contribution in [0.5, 0.6) is 0 Å². The van der Waals surface area contributed by atoms with Crippen LogP contribution in [0, 0.1) is 34.6 Å². The first-order valence-corrected chi connectivity index (χ1v) is 16.6. The van der Waals surface area contributed by atoms with Crippen LogP contribution in [0.4, 0.5) is 0 Å². The van der Waals surface area contributed by atoms with Crippen molar-refractivity contribution in [3.05, 3.63) is 69.3 Å². The summed E-state index contributed by atoms with van der Waals surface area (Å²) in [6, 6.07) is 11.9. The van der Waals surface area contributed by atoms with Crippen molar-refractivity contribution in [2.24, 2.45) is 0 Å². The summed E-state index contributed by atoms with van der Waals surface area (Å²) >= 11 is 0. The van der Waals surface area contributed by atoms with Crippen molar-refractivity contribution in [2.75, 3.05) is 0 Å². The van der Waals surface area contributed by atoms with Gasteiger partial charge < -0.3 is 0 Å². The molecule has 0 radical (unpaired) electrons. The van der Waals surface area contributed by atoms with E-state index in [0.717, 1.165) is 5.52 Å². The van der Waals surface area contributed by atoms with Gasteiger partial charge in [0.15, 0.2) is 0 Å². The van der Waals surface area contributed by atoms with Gasteiger partial charge >= 0.3 is 0 Å². The van der Waals surface area contributed by atoms with Crippen molar-refractivity contribution in [3.63, 3.8) is 0 Å². The summed E-state index contributed by atoms with van der Waals surface area (Å²) in [5.41, 5.74) is 13.4. The molecule has 2 heteroatoms. The van der Waals surface area contributed by atoms with E-state index < -0.39 is 8.07 Å². The monoisotopic (exact) mass is 479 g/mol. The maximum Gasteiger partial charge on any atom is 0.0789 e. The number of hydrogen-bond acceptors (Lipinski definition) is 1. The third-order valence-corrected chi connectivity index (χ3v) is 11.3. The van der Waals surface area contributed by atoms with E-state index in [1.54, 1.807) is 5.19 Å². The average molecular weight is 480 g/mol. The van der Waals surface area contributed by atoms with E-state index in [4.69, 9.17) is 4.98 Å². The predicted molar refractivity (Wildman–Crippen MR) is 157 cm³/mol. The zero-order valence-corrected chi connectivity index (χ0v) is 24.8. The van der Waals surface area contributed by atoms with E-state index in [1.165, 1.54) is 66.4 Å². The molecule has 0 spiro atoms. The largest absolute Gasteiger partial charge is 0.247 e. The zero-order chi connectivity index (χ0) is 25.8. The van der Waals surface area contributed by atoms with Crippen LogP contribution < -0.4 is 5.19 Å². The van der Waals surface area contributed by atoms with Gasteiger partial charge in [-0.05, 0) is 107 Å². The molecule has 4 aromatic rings. The lowest BCUT2D eigenvalue weighted by Gasteiger charge is -2.51. The number of aryl methyl sites for hydroxylation is 5. The molecule has 0 bridgehead atoms. The lowest BCUT2D eigenvalue weighted by atomic mass is 9.55. The summed E-state index contributed by atoms with van der Waals surface area (Å²) < 4.78 is 0. The van der Waals surface area contributed by atoms with Gasteiger partial charge in [-0.3, -0.25) is 0 Å². The fourth-order valence-corrected chi connectivity index (χ4v) is 9.05. The molecular weight excluding hydrogens is 438 g/mol. The third kappa shape index (κ3) is 3.22. The number of nitrogens with zero attached hydrogens (tertiary/aromatic N) is 1. The molecule has 0 aliphatic heterocycles. The van der Waals surface area contributed by atoms with Gasteiger partial charge in [0, 0.05) is 16.4 Å². The minimum atomic E-state index is -1.72. The number of pyridine rings is 1. The van der Waals surface area contributed by atoms with Gasteiger partial charge in [0.2, 0.25) is 0 Å². The topological polar surface area (TPSA) is 12.9 Å². The number of hydrogen-bond donors (Lipinski definition) is 0. The van der Waals surface area contributed by atoms with Gasteiger partial charge in [-0.25, -0.2) is 4.98 Å². The number of fused-ring (bicyclic) bond motifs is 5. The first-order chi connectivity index (χ1) is 16.1. The van der Waals surface area contributed by atoms with Crippen LogP contribution >= 0.6 is 0 Å². The molecular formula is C33H41NSi.